The molecule has 0 unspecified atom stereocenters. The van der Waals surface area contributed by atoms with Crippen molar-refractivity contribution in [3.8, 4) is 5.75 Å². The fourth-order valence-corrected chi connectivity index (χ4v) is 2.85. The Bertz CT molecular complexity index is 667. The molecule has 1 aliphatic heterocycles. The lowest BCUT2D eigenvalue weighted by molar-refractivity contribution is -0.142. The number of ether oxygens (including phenoxy) is 1. The lowest BCUT2D eigenvalue weighted by atomic mass is 10.0. The molecule has 24 heavy (non-hydrogen) atoms. The van der Waals surface area contributed by atoms with E-state index in [0.717, 1.165) is 0 Å². The number of aliphatic hydroxyl groups excluding tert-OH is 1. The number of aliphatic hydroxyl groups is 1. The van der Waals surface area contributed by atoms with Gasteiger partial charge in [-0.1, -0.05) is 30.3 Å². The smallest absolute Gasteiger partial charge is 0.256 e. The fourth-order valence-electron chi connectivity index (χ4n) is 2.85. The maximum Gasteiger partial charge on any atom is 0.256 e. The molecule has 0 aliphatic carbocycles. The van der Waals surface area contributed by atoms with Crippen LogP contribution in [0.2, 0.25) is 0 Å². The third kappa shape index (κ3) is 3.92. The lowest BCUT2D eigenvalue weighted by Crippen LogP contribution is -2.43. The number of hydrogen-bond acceptors (Lipinski definition) is 3. The predicted molar refractivity (Wildman–Crippen MR) is 88.0 cm³/mol. The zero-order valence-corrected chi connectivity index (χ0v) is 13.3. The van der Waals surface area contributed by atoms with Crippen molar-refractivity contribution >= 4 is 5.91 Å². The molecule has 3 rings (SSSR count). The second kappa shape index (κ2) is 7.45. The minimum absolute atomic E-state index is 0.00613. The second-order valence-electron chi connectivity index (χ2n) is 5.91. The summed E-state index contributed by atoms with van der Waals surface area (Å²) in [7, 11) is 0. The summed E-state index contributed by atoms with van der Waals surface area (Å²) in [5.74, 6) is 0.0598. The number of amides is 1. The first-order chi connectivity index (χ1) is 11.6. The summed E-state index contributed by atoms with van der Waals surface area (Å²) < 4.78 is 18.7. The van der Waals surface area contributed by atoms with Gasteiger partial charge in [0.2, 0.25) is 0 Å². The number of benzene rings is 2. The zero-order chi connectivity index (χ0) is 16.9. The van der Waals surface area contributed by atoms with Crippen LogP contribution in [0.5, 0.6) is 5.75 Å². The van der Waals surface area contributed by atoms with Gasteiger partial charge in [-0.15, -0.1) is 0 Å². The number of hydrogen-bond donors (Lipinski definition) is 1. The molecule has 2 aromatic rings. The monoisotopic (exact) mass is 329 g/mol. The van der Waals surface area contributed by atoms with Crippen LogP contribution < -0.4 is 4.74 Å². The Balaban J connectivity index is 1.53. The van der Waals surface area contributed by atoms with Crippen LogP contribution in [-0.2, 0) is 4.79 Å². The first-order valence-corrected chi connectivity index (χ1v) is 8.07. The average molecular weight is 329 g/mol. The quantitative estimate of drug-likeness (QED) is 0.938. The van der Waals surface area contributed by atoms with Crippen LogP contribution in [0.25, 0.3) is 0 Å². The number of nitrogens with zero attached hydrogens (tertiary/aromatic N) is 1. The third-order valence-electron chi connectivity index (χ3n) is 4.22. The van der Waals surface area contributed by atoms with Crippen LogP contribution in [0.1, 0.15) is 24.5 Å². The maximum absolute atomic E-state index is 12.9. The molecule has 1 N–H and O–H groups in total. The summed E-state index contributed by atoms with van der Waals surface area (Å²) >= 11 is 0. The molecule has 1 amide bonds. The van der Waals surface area contributed by atoms with Crippen LogP contribution in [0.15, 0.2) is 54.6 Å². The van der Waals surface area contributed by atoms with Crippen molar-refractivity contribution in [3.63, 3.8) is 0 Å². The largest absolute Gasteiger partial charge is 0.490 e. The van der Waals surface area contributed by atoms with Gasteiger partial charge in [0.05, 0.1) is 0 Å². The molecule has 1 fully saturated rings. The summed E-state index contributed by atoms with van der Waals surface area (Å²) in [5.41, 5.74) is 0.604. The maximum atomic E-state index is 12.9. The van der Waals surface area contributed by atoms with Crippen LogP contribution in [0.3, 0.4) is 0 Å². The summed E-state index contributed by atoms with van der Waals surface area (Å²) in [4.78, 5) is 14.1. The highest BCUT2D eigenvalue weighted by Gasteiger charge is 2.28. The van der Waals surface area contributed by atoms with Crippen molar-refractivity contribution in [2.45, 2.75) is 25.0 Å². The van der Waals surface area contributed by atoms with E-state index < -0.39 is 6.10 Å². The van der Waals surface area contributed by atoms with E-state index in [1.807, 2.05) is 6.07 Å². The third-order valence-corrected chi connectivity index (χ3v) is 4.22. The molecule has 1 saturated heterocycles. The fraction of sp³-hybridized carbons (Fsp3) is 0.316. The molecule has 0 saturated carbocycles. The van der Waals surface area contributed by atoms with E-state index in [1.54, 1.807) is 41.3 Å². The minimum atomic E-state index is -1.12. The van der Waals surface area contributed by atoms with Gasteiger partial charge in [-0.3, -0.25) is 4.79 Å². The molecule has 4 nitrogen and oxygen atoms in total. The SMILES string of the molecule is O=C([C@H](O)c1ccccc1)N1CCC(Oc2ccc(F)cc2)CC1. The van der Waals surface area contributed by atoms with Gasteiger partial charge in [0.15, 0.2) is 6.10 Å². The zero-order valence-electron chi connectivity index (χ0n) is 13.3. The molecule has 0 bridgehead atoms. The first kappa shape index (κ1) is 16.5. The molecule has 1 aliphatic rings. The van der Waals surface area contributed by atoms with Gasteiger partial charge in [0.25, 0.3) is 5.91 Å². The van der Waals surface area contributed by atoms with Crippen LogP contribution >= 0.6 is 0 Å². The number of halogens is 1. The van der Waals surface area contributed by atoms with Crippen LogP contribution in [0.4, 0.5) is 4.39 Å². The van der Waals surface area contributed by atoms with E-state index in [4.69, 9.17) is 4.74 Å². The van der Waals surface area contributed by atoms with Crippen molar-refractivity contribution < 1.29 is 19.0 Å². The number of piperidine rings is 1. The number of likely N-dealkylation sites (tertiary alicyclic amines) is 1. The lowest BCUT2D eigenvalue weighted by Gasteiger charge is -2.33. The molecular weight excluding hydrogens is 309 g/mol. The van der Waals surface area contributed by atoms with Gasteiger partial charge in [0, 0.05) is 25.9 Å². The van der Waals surface area contributed by atoms with E-state index in [1.165, 1.54) is 12.1 Å². The van der Waals surface area contributed by atoms with E-state index >= 15 is 0 Å². The van der Waals surface area contributed by atoms with Crippen molar-refractivity contribution in [2.75, 3.05) is 13.1 Å². The van der Waals surface area contributed by atoms with E-state index in [9.17, 15) is 14.3 Å². The Kier molecular flexibility index (Phi) is 5.11. The highest BCUT2D eigenvalue weighted by molar-refractivity contribution is 5.82. The van der Waals surface area contributed by atoms with Gasteiger partial charge in [0.1, 0.15) is 17.7 Å². The average Bonchev–Trinajstić information content (AvgIpc) is 2.64. The minimum Gasteiger partial charge on any atom is -0.490 e. The van der Waals surface area contributed by atoms with E-state index in [0.29, 0.717) is 37.2 Å². The Hall–Kier alpha value is -2.40. The molecule has 5 heteroatoms. The van der Waals surface area contributed by atoms with Gasteiger partial charge < -0.3 is 14.7 Å². The van der Waals surface area contributed by atoms with E-state index in [2.05, 4.69) is 0 Å². The number of carbonyl (C=O) groups excluding carboxylic acids is 1. The van der Waals surface area contributed by atoms with Crippen LogP contribution in [0, 0.1) is 5.82 Å². The van der Waals surface area contributed by atoms with Crippen molar-refractivity contribution in [2.24, 2.45) is 0 Å². The molecule has 1 atom stereocenters. The Morgan fingerprint density at radius 1 is 1.08 bits per heavy atom. The van der Waals surface area contributed by atoms with Crippen molar-refractivity contribution in [3.05, 3.63) is 66.0 Å². The summed E-state index contributed by atoms with van der Waals surface area (Å²) in [6, 6.07) is 14.9. The summed E-state index contributed by atoms with van der Waals surface area (Å²) in [6.45, 7) is 1.07. The Morgan fingerprint density at radius 3 is 2.33 bits per heavy atom. The van der Waals surface area contributed by atoms with Gasteiger partial charge >= 0.3 is 0 Å². The Morgan fingerprint density at radius 2 is 1.71 bits per heavy atom. The highest BCUT2D eigenvalue weighted by Crippen LogP contribution is 2.22. The molecule has 0 spiro atoms. The topological polar surface area (TPSA) is 49.8 Å². The first-order valence-electron chi connectivity index (χ1n) is 8.07. The number of carbonyl (C=O) groups is 1. The van der Waals surface area contributed by atoms with Gasteiger partial charge in [-0.2, -0.15) is 0 Å². The highest BCUT2D eigenvalue weighted by atomic mass is 19.1. The van der Waals surface area contributed by atoms with Crippen LogP contribution in [-0.4, -0.2) is 35.1 Å². The molecule has 2 aromatic carbocycles. The molecule has 0 aromatic heterocycles. The molecule has 0 radical (unpaired) electrons. The predicted octanol–water partition coefficient (Wildman–Crippen LogP) is 2.93. The van der Waals surface area contributed by atoms with Gasteiger partial charge in [-0.25, -0.2) is 4.39 Å². The Labute approximate surface area is 140 Å². The molecular formula is C19H20FNO3. The molecule has 126 valence electrons. The summed E-state index contributed by atoms with van der Waals surface area (Å²) in [6.07, 6.45) is 0.240. The second-order valence-corrected chi connectivity index (χ2v) is 5.91. The standard InChI is InChI=1S/C19H20FNO3/c20-15-6-8-16(9-7-15)24-17-10-12-21(13-11-17)19(23)18(22)14-4-2-1-3-5-14/h1-9,17-18,22H,10-13H2/t18-/m1/s1. The van der Waals surface area contributed by atoms with Gasteiger partial charge in [-0.05, 0) is 29.8 Å². The van der Waals surface area contributed by atoms with Crippen molar-refractivity contribution in [1.82, 2.24) is 4.90 Å². The summed E-state index contributed by atoms with van der Waals surface area (Å²) in [5, 5.41) is 10.2. The molecule has 1 heterocycles. The normalized spacial score (nSPS) is 16.7. The van der Waals surface area contributed by atoms with E-state index in [-0.39, 0.29) is 17.8 Å². The number of rotatable bonds is 4. The van der Waals surface area contributed by atoms with Crippen molar-refractivity contribution in [1.29, 1.82) is 0 Å².